The first-order valence-electron chi connectivity index (χ1n) is 15.1. The molecule has 2 heteroatoms. The second-order valence-corrected chi connectivity index (χ2v) is 10.7. The van der Waals surface area contributed by atoms with E-state index in [-0.39, 0.29) is 11.5 Å². The van der Waals surface area contributed by atoms with Crippen molar-refractivity contribution in [3.05, 3.63) is 75.5 Å². The standard InChI is InChI=1S/C35H52O2/c1-8-16-27(12-5)30-21-22-31(35(37)32(36)24-26-20-15-19-25(11-4)23-26)34(29(14-7)18-10-3)33(30)28(13-6)17-9-2/h15,19-24,27-29,36H,8-14,16-18H2,1-7H3/b32-24-. The lowest BCUT2D eigenvalue weighted by Crippen LogP contribution is -2.18. The largest absolute Gasteiger partial charge is 0.504 e. The molecule has 2 aromatic carbocycles. The van der Waals surface area contributed by atoms with Gasteiger partial charge in [-0.05, 0) is 96.6 Å². The minimum absolute atomic E-state index is 0.163. The quantitative estimate of drug-likeness (QED) is 0.140. The molecular weight excluding hydrogens is 452 g/mol. The molecule has 0 radical (unpaired) electrons. The van der Waals surface area contributed by atoms with Gasteiger partial charge < -0.3 is 5.11 Å². The number of benzene rings is 2. The highest BCUT2D eigenvalue weighted by atomic mass is 16.3. The van der Waals surface area contributed by atoms with Crippen molar-refractivity contribution in [2.75, 3.05) is 0 Å². The summed E-state index contributed by atoms with van der Waals surface area (Å²) in [5.74, 6) is 0.860. The van der Waals surface area contributed by atoms with Crippen molar-refractivity contribution < 1.29 is 9.90 Å². The van der Waals surface area contributed by atoms with E-state index in [2.05, 4.69) is 66.7 Å². The Kier molecular flexibility index (Phi) is 13.2. The summed E-state index contributed by atoms with van der Waals surface area (Å²) in [7, 11) is 0. The molecule has 0 aliphatic rings. The molecule has 0 fully saturated rings. The Morgan fingerprint density at radius 3 is 1.86 bits per heavy atom. The number of rotatable bonds is 16. The van der Waals surface area contributed by atoms with Gasteiger partial charge in [-0.3, -0.25) is 4.79 Å². The summed E-state index contributed by atoms with van der Waals surface area (Å²) in [5.41, 5.74) is 6.88. The fourth-order valence-electron chi connectivity index (χ4n) is 6.10. The molecule has 2 aromatic rings. The Hall–Kier alpha value is -2.35. The van der Waals surface area contributed by atoms with Crippen LogP contribution >= 0.6 is 0 Å². The van der Waals surface area contributed by atoms with Gasteiger partial charge in [-0.2, -0.15) is 0 Å². The molecule has 3 atom stereocenters. The van der Waals surface area contributed by atoms with Crippen molar-refractivity contribution in [2.24, 2.45) is 0 Å². The van der Waals surface area contributed by atoms with Crippen molar-refractivity contribution >= 4 is 11.9 Å². The van der Waals surface area contributed by atoms with Gasteiger partial charge in [0.25, 0.3) is 0 Å². The summed E-state index contributed by atoms with van der Waals surface area (Å²) in [6, 6.07) is 12.3. The normalized spacial score (nSPS) is 14.4. The molecule has 1 N–H and O–H groups in total. The number of aryl methyl sites for hydroxylation is 1. The van der Waals surface area contributed by atoms with Gasteiger partial charge in [0.05, 0.1) is 0 Å². The van der Waals surface area contributed by atoms with Crippen LogP contribution < -0.4 is 0 Å². The summed E-state index contributed by atoms with van der Waals surface area (Å²) >= 11 is 0. The summed E-state index contributed by atoms with van der Waals surface area (Å²) in [6.07, 6.45) is 12.5. The van der Waals surface area contributed by atoms with Crippen LogP contribution in [0.4, 0.5) is 0 Å². The van der Waals surface area contributed by atoms with Crippen LogP contribution in [0, 0.1) is 0 Å². The second-order valence-electron chi connectivity index (χ2n) is 10.7. The highest BCUT2D eigenvalue weighted by molar-refractivity contribution is 6.10. The van der Waals surface area contributed by atoms with Crippen molar-refractivity contribution in [3.8, 4) is 0 Å². The van der Waals surface area contributed by atoms with Gasteiger partial charge in [0, 0.05) is 5.56 Å². The minimum Gasteiger partial charge on any atom is -0.504 e. The predicted octanol–water partition coefficient (Wildman–Crippen LogP) is 10.9. The van der Waals surface area contributed by atoms with Crippen LogP contribution in [0.2, 0.25) is 0 Å². The third-order valence-electron chi connectivity index (χ3n) is 8.11. The molecule has 204 valence electrons. The van der Waals surface area contributed by atoms with Crippen molar-refractivity contribution in [2.45, 2.75) is 130 Å². The number of hydrogen-bond donors (Lipinski definition) is 1. The van der Waals surface area contributed by atoms with E-state index in [1.54, 1.807) is 6.08 Å². The first kappa shape index (κ1) is 30.9. The molecule has 2 rings (SSSR count). The summed E-state index contributed by atoms with van der Waals surface area (Å²) in [6.45, 7) is 15.7. The molecule has 0 saturated heterocycles. The first-order chi connectivity index (χ1) is 17.9. The lowest BCUT2D eigenvalue weighted by atomic mass is 9.73. The Morgan fingerprint density at radius 2 is 1.32 bits per heavy atom. The zero-order chi connectivity index (χ0) is 27.4. The van der Waals surface area contributed by atoms with Gasteiger partial charge in [0.2, 0.25) is 5.78 Å². The van der Waals surface area contributed by atoms with E-state index < -0.39 is 0 Å². The average Bonchev–Trinajstić information content (AvgIpc) is 2.92. The van der Waals surface area contributed by atoms with Gasteiger partial charge in [-0.1, -0.05) is 104 Å². The minimum atomic E-state index is -0.242. The lowest BCUT2D eigenvalue weighted by molar-refractivity contribution is 0.0978. The Bertz CT molecular complexity index is 1020. The Morgan fingerprint density at radius 1 is 0.757 bits per heavy atom. The van der Waals surface area contributed by atoms with Crippen LogP contribution in [0.5, 0.6) is 0 Å². The molecule has 3 unspecified atom stereocenters. The van der Waals surface area contributed by atoms with Gasteiger partial charge in [0.15, 0.2) is 5.76 Å². The van der Waals surface area contributed by atoms with E-state index in [4.69, 9.17) is 0 Å². The highest BCUT2D eigenvalue weighted by Crippen LogP contribution is 2.43. The van der Waals surface area contributed by atoms with Crippen molar-refractivity contribution in [1.82, 2.24) is 0 Å². The number of hydrogen-bond acceptors (Lipinski definition) is 2. The monoisotopic (exact) mass is 504 g/mol. The average molecular weight is 505 g/mol. The third kappa shape index (κ3) is 7.82. The zero-order valence-corrected chi connectivity index (χ0v) is 24.7. The summed E-state index contributed by atoms with van der Waals surface area (Å²) in [5, 5.41) is 11.1. The van der Waals surface area contributed by atoms with Crippen LogP contribution in [-0.4, -0.2) is 10.9 Å². The van der Waals surface area contributed by atoms with Crippen LogP contribution in [0.1, 0.15) is 162 Å². The zero-order valence-electron chi connectivity index (χ0n) is 24.7. The molecule has 0 heterocycles. The molecule has 0 aliphatic heterocycles. The van der Waals surface area contributed by atoms with E-state index in [1.807, 2.05) is 18.2 Å². The SMILES string of the molecule is CCCC(CC)c1ccc(C(=O)/C(O)=C/c2cccc(CC)c2)c(C(CC)CCC)c1C(CC)CCC. The van der Waals surface area contributed by atoms with E-state index >= 15 is 0 Å². The number of carbonyl (C=O) groups excluding carboxylic acids is 1. The molecule has 0 aliphatic carbocycles. The van der Waals surface area contributed by atoms with Gasteiger partial charge in [-0.15, -0.1) is 0 Å². The molecule has 0 saturated carbocycles. The summed E-state index contributed by atoms with van der Waals surface area (Å²) in [4.78, 5) is 13.9. The summed E-state index contributed by atoms with van der Waals surface area (Å²) < 4.78 is 0. The number of aliphatic hydroxyl groups excluding tert-OH is 1. The van der Waals surface area contributed by atoms with E-state index in [1.165, 1.54) is 28.7 Å². The molecule has 0 spiro atoms. The van der Waals surface area contributed by atoms with Crippen LogP contribution in [0.15, 0.2) is 42.2 Å². The molecular formula is C35H52O2. The lowest BCUT2D eigenvalue weighted by Gasteiger charge is -2.31. The maximum atomic E-state index is 13.9. The second kappa shape index (κ2) is 15.8. The number of aliphatic hydroxyl groups is 1. The van der Waals surface area contributed by atoms with E-state index in [0.717, 1.165) is 63.4 Å². The molecule has 0 aromatic heterocycles. The molecule has 0 amide bonds. The number of allylic oxidation sites excluding steroid dienone is 1. The van der Waals surface area contributed by atoms with Crippen LogP contribution in [-0.2, 0) is 6.42 Å². The Labute approximate surface area is 227 Å². The number of ketones is 1. The Balaban J connectivity index is 2.81. The van der Waals surface area contributed by atoms with Crippen molar-refractivity contribution in [3.63, 3.8) is 0 Å². The van der Waals surface area contributed by atoms with Gasteiger partial charge in [-0.25, -0.2) is 0 Å². The number of carbonyl (C=O) groups is 1. The molecule has 2 nitrogen and oxygen atoms in total. The van der Waals surface area contributed by atoms with E-state index in [9.17, 15) is 9.90 Å². The van der Waals surface area contributed by atoms with Gasteiger partial charge >= 0.3 is 0 Å². The molecule has 0 bridgehead atoms. The first-order valence-corrected chi connectivity index (χ1v) is 15.1. The van der Waals surface area contributed by atoms with Crippen molar-refractivity contribution in [1.29, 1.82) is 0 Å². The maximum absolute atomic E-state index is 13.9. The van der Waals surface area contributed by atoms with Crippen LogP contribution in [0.25, 0.3) is 6.08 Å². The fourth-order valence-corrected chi connectivity index (χ4v) is 6.10. The van der Waals surface area contributed by atoms with E-state index in [0.29, 0.717) is 23.3 Å². The smallest absolute Gasteiger partial charge is 0.227 e. The third-order valence-corrected chi connectivity index (χ3v) is 8.11. The number of Topliss-reactive ketones (excluding diaryl/α,β-unsaturated/α-hetero) is 1. The molecule has 37 heavy (non-hydrogen) atoms. The predicted molar refractivity (Wildman–Crippen MR) is 161 cm³/mol. The topological polar surface area (TPSA) is 37.3 Å². The van der Waals surface area contributed by atoms with Crippen LogP contribution in [0.3, 0.4) is 0 Å². The highest BCUT2D eigenvalue weighted by Gasteiger charge is 2.30. The maximum Gasteiger partial charge on any atom is 0.227 e. The fraction of sp³-hybridized carbons (Fsp3) is 0.571. The van der Waals surface area contributed by atoms with Gasteiger partial charge in [0.1, 0.15) is 0 Å².